The number of aryl methyl sites for hydroxylation is 3. The Morgan fingerprint density at radius 3 is 2.44 bits per heavy atom. The molecule has 0 spiro atoms. The van der Waals surface area contributed by atoms with Crippen LogP contribution in [-0.4, -0.2) is 39.0 Å². The van der Waals surface area contributed by atoms with E-state index in [1.807, 2.05) is 39.8 Å². The molecule has 0 aliphatic rings. The molecule has 2 N–H and O–H groups in total. The maximum atomic E-state index is 12.1. The molecule has 1 amide bonds. The van der Waals surface area contributed by atoms with E-state index in [-0.39, 0.29) is 5.91 Å². The summed E-state index contributed by atoms with van der Waals surface area (Å²) in [7, 11) is 0. The Labute approximate surface area is 158 Å². The van der Waals surface area contributed by atoms with Crippen LogP contribution in [-0.2, 0) is 0 Å². The third-order valence-electron chi connectivity index (χ3n) is 4.52. The minimum Gasteiger partial charge on any atom is -0.466 e. The Bertz CT molecular complexity index is 955. The largest absolute Gasteiger partial charge is 0.466 e. The van der Waals surface area contributed by atoms with Crippen molar-refractivity contribution in [3.05, 3.63) is 52.2 Å². The highest BCUT2D eigenvalue weighted by atomic mass is 16.3. The van der Waals surface area contributed by atoms with Gasteiger partial charge in [0.25, 0.3) is 5.91 Å². The van der Waals surface area contributed by atoms with E-state index in [1.165, 1.54) is 0 Å². The average molecular weight is 368 g/mol. The van der Waals surface area contributed by atoms with Crippen LogP contribution >= 0.6 is 0 Å². The zero-order valence-electron chi connectivity index (χ0n) is 16.3. The summed E-state index contributed by atoms with van der Waals surface area (Å²) in [5.74, 6) is 2.52. The summed E-state index contributed by atoms with van der Waals surface area (Å²) in [5, 5.41) is 18.9. The Morgan fingerprint density at radius 1 is 1.11 bits per heavy atom. The number of carbonyl (C=O) groups is 1. The van der Waals surface area contributed by atoms with Crippen LogP contribution in [0.25, 0.3) is 5.82 Å². The van der Waals surface area contributed by atoms with Gasteiger partial charge < -0.3 is 15.1 Å². The summed E-state index contributed by atoms with van der Waals surface area (Å²) >= 11 is 0. The Hall–Kier alpha value is -3.16. The minimum absolute atomic E-state index is 0.146. The second-order valence-corrected chi connectivity index (χ2v) is 6.49. The van der Waals surface area contributed by atoms with Crippen LogP contribution in [0, 0.1) is 34.6 Å². The Kier molecular flexibility index (Phi) is 5.25. The van der Waals surface area contributed by atoms with Crippen molar-refractivity contribution in [1.29, 1.82) is 0 Å². The maximum Gasteiger partial charge on any atom is 0.254 e. The van der Waals surface area contributed by atoms with E-state index in [2.05, 4.69) is 25.9 Å². The summed E-state index contributed by atoms with van der Waals surface area (Å²) in [6, 6.07) is 5.45. The molecule has 0 unspecified atom stereocenters. The molecule has 0 fully saturated rings. The first kappa shape index (κ1) is 18.6. The number of carbonyl (C=O) groups excluding carboxylic acids is 1. The van der Waals surface area contributed by atoms with Gasteiger partial charge >= 0.3 is 0 Å². The van der Waals surface area contributed by atoms with E-state index >= 15 is 0 Å². The van der Waals surface area contributed by atoms with Gasteiger partial charge in [0.2, 0.25) is 0 Å². The molecule has 0 aliphatic heterocycles. The lowest BCUT2D eigenvalue weighted by Crippen LogP contribution is -2.29. The Morgan fingerprint density at radius 2 is 1.89 bits per heavy atom. The van der Waals surface area contributed by atoms with Crippen molar-refractivity contribution in [3.8, 4) is 5.82 Å². The van der Waals surface area contributed by atoms with Crippen molar-refractivity contribution in [2.24, 2.45) is 0 Å². The van der Waals surface area contributed by atoms with Gasteiger partial charge in [0.1, 0.15) is 17.3 Å². The summed E-state index contributed by atoms with van der Waals surface area (Å²) in [6.07, 6.45) is 0. The first-order chi connectivity index (χ1) is 12.9. The standard InChI is InChI=1S/C19H24N6O2/c1-11-10-16(15(5)27-11)19(26)21-9-8-20-17-6-7-18(23-22-17)25-14(4)12(2)13(3)24-25/h6-7,10H,8-9H2,1-5H3,(H,20,22)(H,21,26). The third-order valence-corrected chi connectivity index (χ3v) is 4.52. The molecule has 0 saturated heterocycles. The normalized spacial score (nSPS) is 10.9. The second kappa shape index (κ2) is 7.61. The zero-order valence-corrected chi connectivity index (χ0v) is 16.3. The van der Waals surface area contributed by atoms with E-state index in [4.69, 9.17) is 4.42 Å². The fourth-order valence-electron chi connectivity index (χ4n) is 2.79. The molecular weight excluding hydrogens is 344 g/mol. The van der Waals surface area contributed by atoms with Crippen molar-refractivity contribution in [2.75, 3.05) is 18.4 Å². The van der Waals surface area contributed by atoms with Crippen LogP contribution in [0.4, 0.5) is 5.82 Å². The molecule has 0 aliphatic carbocycles. The summed E-state index contributed by atoms with van der Waals surface area (Å²) in [5.41, 5.74) is 3.75. The molecule has 0 atom stereocenters. The van der Waals surface area contributed by atoms with Crippen LogP contribution in [0.5, 0.6) is 0 Å². The summed E-state index contributed by atoms with van der Waals surface area (Å²) in [4.78, 5) is 12.1. The molecule has 3 rings (SSSR count). The van der Waals surface area contributed by atoms with Crippen molar-refractivity contribution in [3.63, 3.8) is 0 Å². The van der Waals surface area contributed by atoms with Gasteiger partial charge in [0, 0.05) is 18.8 Å². The van der Waals surface area contributed by atoms with Crippen molar-refractivity contribution in [2.45, 2.75) is 34.6 Å². The van der Waals surface area contributed by atoms with Crippen LogP contribution in [0.1, 0.15) is 38.8 Å². The molecule has 0 radical (unpaired) electrons. The molecule has 142 valence electrons. The topological polar surface area (TPSA) is 97.9 Å². The minimum atomic E-state index is -0.146. The number of amides is 1. The predicted octanol–water partition coefficient (Wildman–Crippen LogP) is 2.64. The van der Waals surface area contributed by atoms with Crippen LogP contribution in [0.3, 0.4) is 0 Å². The number of furan rings is 1. The van der Waals surface area contributed by atoms with Crippen LogP contribution in [0.2, 0.25) is 0 Å². The molecule has 27 heavy (non-hydrogen) atoms. The predicted molar refractivity (Wildman–Crippen MR) is 102 cm³/mol. The van der Waals surface area contributed by atoms with Gasteiger partial charge in [-0.25, -0.2) is 4.68 Å². The number of hydrogen-bond donors (Lipinski definition) is 2. The van der Waals surface area contributed by atoms with Gasteiger partial charge in [-0.3, -0.25) is 4.79 Å². The Balaban J connectivity index is 1.52. The highest BCUT2D eigenvalue weighted by molar-refractivity contribution is 5.95. The van der Waals surface area contributed by atoms with Crippen LogP contribution in [0.15, 0.2) is 22.6 Å². The first-order valence-corrected chi connectivity index (χ1v) is 8.83. The van der Waals surface area contributed by atoms with E-state index in [0.717, 1.165) is 22.7 Å². The fourth-order valence-corrected chi connectivity index (χ4v) is 2.79. The van der Waals surface area contributed by atoms with Crippen molar-refractivity contribution in [1.82, 2.24) is 25.3 Å². The molecule has 3 aromatic rings. The molecule has 0 aromatic carbocycles. The SMILES string of the molecule is Cc1cc(C(=O)NCCNc2ccc(-n3nc(C)c(C)c3C)nn2)c(C)o1. The number of rotatable bonds is 6. The van der Waals surface area contributed by atoms with E-state index in [0.29, 0.717) is 36.0 Å². The van der Waals surface area contributed by atoms with E-state index in [9.17, 15) is 4.79 Å². The van der Waals surface area contributed by atoms with Gasteiger partial charge in [-0.05, 0) is 58.4 Å². The quantitative estimate of drug-likeness (QED) is 0.649. The van der Waals surface area contributed by atoms with Gasteiger partial charge in [-0.15, -0.1) is 10.2 Å². The highest BCUT2D eigenvalue weighted by Crippen LogP contribution is 2.15. The van der Waals surface area contributed by atoms with Crippen molar-refractivity contribution < 1.29 is 9.21 Å². The molecule has 8 nitrogen and oxygen atoms in total. The lowest BCUT2D eigenvalue weighted by molar-refractivity contribution is 0.0953. The maximum absolute atomic E-state index is 12.1. The van der Waals surface area contributed by atoms with E-state index in [1.54, 1.807) is 17.7 Å². The number of aromatic nitrogens is 4. The lowest BCUT2D eigenvalue weighted by Gasteiger charge is -2.08. The fraction of sp³-hybridized carbons (Fsp3) is 0.368. The molecule has 0 saturated carbocycles. The van der Waals surface area contributed by atoms with Gasteiger partial charge in [0.05, 0.1) is 11.3 Å². The lowest BCUT2D eigenvalue weighted by atomic mass is 10.2. The molecule has 3 heterocycles. The molecule has 8 heteroatoms. The monoisotopic (exact) mass is 368 g/mol. The smallest absolute Gasteiger partial charge is 0.254 e. The zero-order chi connectivity index (χ0) is 19.6. The number of hydrogen-bond acceptors (Lipinski definition) is 6. The third kappa shape index (κ3) is 3.99. The van der Waals surface area contributed by atoms with Gasteiger partial charge in [-0.2, -0.15) is 5.10 Å². The first-order valence-electron chi connectivity index (χ1n) is 8.83. The number of nitrogens with zero attached hydrogens (tertiary/aromatic N) is 4. The summed E-state index contributed by atoms with van der Waals surface area (Å²) < 4.78 is 7.16. The summed E-state index contributed by atoms with van der Waals surface area (Å²) in [6.45, 7) is 10.6. The highest BCUT2D eigenvalue weighted by Gasteiger charge is 2.13. The van der Waals surface area contributed by atoms with Gasteiger partial charge in [-0.1, -0.05) is 0 Å². The number of nitrogens with one attached hydrogen (secondary N) is 2. The molecular formula is C19H24N6O2. The van der Waals surface area contributed by atoms with Crippen LogP contribution < -0.4 is 10.6 Å². The molecule has 0 bridgehead atoms. The second-order valence-electron chi connectivity index (χ2n) is 6.49. The van der Waals surface area contributed by atoms with E-state index < -0.39 is 0 Å². The molecule has 3 aromatic heterocycles. The average Bonchev–Trinajstić information content (AvgIpc) is 3.12. The van der Waals surface area contributed by atoms with Crippen molar-refractivity contribution >= 4 is 11.7 Å². The van der Waals surface area contributed by atoms with Gasteiger partial charge in [0.15, 0.2) is 5.82 Å². The number of anilines is 1.